The minimum Gasteiger partial charge on any atom is -0.489 e. The normalized spacial score (nSPS) is 10.4. The number of carbonyl (C=O) groups excluding carboxylic acids is 1. The van der Waals surface area contributed by atoms with Crippen molar-refractivity contribution in [2.45, 2.75) is 6.61 Å². The molecule has 28 heavy (non-hydrogen) atoms. The molecule has 0 fully saturated rings. The van der Waals surface area contributed by atoms with Crippen molar-refractivity contribution in [3.63, 3.8) is 0 Å². The number of anilines is 1. The lowest BCUT2D eigenvalue weighted by Crippen LogP contribution is -2.12. The van der Waals surface area contributed by atoms with Crippen molar-refractivity contribution in [1.29, 1.82) is 0 Å². The smallest absolute Gasteiger partial charge is 0.255 e. The van der Waals surface area contributed by atoms with E-state index in [0.29, 0.717) is 23.6 Å². The van der Waals surface area contributed by atoms with Gasteiger partial charge in [0, 0.05) is 18.0 Å². The fourth-order valence-electron chi connectivity index (χ4n) is 2.65. The summed E-state index contributed by atoms with van der Waals surface area (Å²) in [7, 11) is 0. The third-order valence-electron chi connectivity index (χ3n) is 4.14. The Labute approximate surface area is 162 Å². The predicted molar refractivity (Wildman–Crippen MR) is 107 cm³/mol. The van der Waals surface area contributed by atoms with E-state index in [1.54, 1.807) is 53.6 Å². The second-order valence-corrected chi connectivity index (χ2v) is 6.13. The van der Waals surface area contributed by atoms with Crippen molar-refractivity contribution < 1.29 is 9.53 Å². The zero-order chi connectivity index (χ0) is 19.2. The summed E-state index contributed by atoms with van der Waals surface area (Å²) in [6.45, 7) is 0.487. The molecule has 0 saturated carbocycles. The molecule has 0 atom stereocenters. The first-order valence-corrected chi connectivity index (χ1v) is 8.80. The van der Waals surface area contributed by atoms with E-state index in [2.05, 4.69) is 15.3 Å². The van der Waals surface area contributed by atoms with E-state index in [-0.39, 0.29) is 5.91 Å². The summed E-state index contributed by atoms with van der Waals surface area (Å²) >= 11 is 0. The van der Waals surface area contributed by atoms with Crippen LogP contribution in [0.2, 0.25) is 0 Å². The fourth-order valence-corrected chi connectivity index (χ4v) is 2.65. The van der Waals surface area contributed by atoms with Gasteiger partial charge >= 0.3 is 0 Å². The van der Waals surface area contributed by atoms with Crippen LogP contribution < -0.4 is 10.1 Å². The van der Waals surface area contributed by atoms with E-state index >= 15 is 0 Å². The molecule has 0 unspecified atom stereocenters. The number of benzene rings is 2. The van der Waals surface area contributed by atoms with Crippen molar-refractivity contribution in [3.05, 3.63) is 103 Å². The quantitative estimate of drug-likeness (QED) is 0.555. The Hall–Kier alpha value is -3.93. The molecule has 0 saturated heterocycles. The van der Waals surface area contributed by atoms with Gasteiger partial charge in [-0.25, -0.2) is 9.97 Å². The molecule has 0 bridgehead atoms. The first kappa shape index (κ1) is 17.5. The zero-order valence-electron chi connectivity index (χ0n) is 15.0. The van der Waals surface area contributed by atoms with Crippen LogP contribution in [0.1, 0.15) is 15.9 Å². The average Bonchev–Trinajstić information content (AvgIpc) is 3.29. The van der Waals surface area contributed by atoms with Crippen LogP contribution in [0.3, 0.4) is 0 Å². The highest BCUT2D eigenvalue weighted by Crippen LogP contribution is 2.16. The van der Waals surface area contributed by atoms with Crippen molar-refractivity contribution in [3.8, 4) is 11.6 Å². The molecule has 1 amide bonds. The van der Waals surface area contributed by atoms with Crippen LogP contribution in [0.4, 0.5) is 5.69 Å². The second-order valence-electron chi connectivity index (χ2n) is 6.13. The predicted octanol–water partition coefficient (Wildman–Crippen LogP) is 4.10. The first-order valence-electron chi connectivity index (χ1n) is 8.80. The molecular weight excluding hydrogens is 352 g/mol. The number of hydrogen-bond acceptors (Lipinski definition) is 4. The maximum absolute atomic E-state index is 12.4. The number of rotatable bonds is 6. The Kier molecular flexibility index (Phi) is 5.11. The Balaban J connectivity index is 1.35. The summed E-state index contributed by atoms with van der Waals surface area (Å²) in [6.07, 6.45) is 6.78. The van der Waals surface area contributed by atoms with Gasteiger partial charge in [0.1, 0.15) is 24.5 Å². The number of imidazole rings is 1. The standard InChI is InChI=1S/C22H18N4O2/c27-22(25-19-8-11-21(24-14-19)26-13-12-23-16-26)18-6-9-20(10-7-18)28-15-17-4-2-1-3-5-17/h1-14,16H,15H2,(H,25,27). The average molecular weight is 370 g/mol. The number of amides is 1. The van der Waals surface area contributed by atoms with Gasteiger partial charge in [-0.2, -0.15) is 0 Å². The third-order valence-corrected chi connectivity index (χ3v) is 4.14. The summed E-state index contributed by atoms with van der Waals surface area (Å²) < 4.78 is 7.54. The molecular formula is C22H18N4O2. The number of ether oxygens (including phenoxy) is 1. The molecule has 6 heteroatoms. The van der Waals surface area contributed by atoms with E-state index in [0.717, 1.165) is 11.4 Å². The van der Waals surface area contributed by atoms with Gasteiger partial charge in [0.25, 0.3) is 5.91 Å². The van der Waals surface area contributed by atoms with Crippen LogP contribution >= 0.6 is 0 Å². The molecule has 0 aliphatic rings. The minimum absolute atomic E-state index is 0.202. The van der Waals surface area contributed by atoms with Crippen LogP contribution in [0.15, 0.2) is 91.6 Å². The molecule has 0 aliphatic carbocycles. The van der Waals surface area contributed by atoms with Crippen LogP contribution in [0.5, 0.6) is 5.75 Å². The Morgan fingerprint density at radius 1 is 1.00 bits per heavy atom. The molecule has 4 rings (SSSR count). The molecule has 0 spiro atoms. The van der Waals surface area contributed by atoms with Crippen molar-refractivity contribution in [2.75, 3.05) is 5.32 Å². The molecule has 4 aromatic rings. The van der Waals surface area contributed by atoms with Crippen molar-refractivity contribution in [1.82, 2.24) is 14.5 Å². The number of hydrogen-bond donors (Lipinski definition) is 1. The Bertz CT molecular complexity index is 1030. The lowest BCUT2D eigenvalue weighted by atomic mass is 10.2. The third kappa shape index (κ3) is 4.24. The summed E-state index contributed by atoms with van der Waals surface area (Å²) in [6, 6.07) is 20.6. The van der Waals surface area contributed by atoms with Gasteiger partial charge in [-0.3, -0.25) is 9.36 Å². The topological polar surface area (TPSA) is 69.0 Å². The maximum Gasteiger partial charge on any atom is 0.255 e. The lowest BCUT2D eigenvalue weighted by Gasteiger charge is -2.08. The first-order chi connectivity index (χ1) is 13.8. The molecule has 0 aliphatic heterocycles. The summed E-state index contributed by atoms with van der Waals surface area (Å²) in [5, 5.41) is 2.84. The van der Waals surface area contributed by atoms with E-state index in [1.807, 2.05) is 42.6 Å². The Morgan fingerprint density at radius 2 is 1.82 bits per heavy atom. The van der Waals surface area contributed by atoms with Gasteiger partial charge in [0.15, 0.2) is 0 Å². The lowest BCUT2D eigenvalue weighted by molar-refractivity contribution is 0.102. The van der Waals surface area contributed by atoms with Gasteiger partial charge in [-0.05, 0) is 42.0 Å². The number of pyridine rings is 1. The maximum atomic E-state index is 12.4. The number of nitrogens with one attached hydrogen (secondary N) is 1. The van der Waals surface area contributed by atoms with Gasteiger partial charge in [-0.15, -0.1) is 0 Å². The number of carbonyl (C=O) groups is 1. The SMILES string of the molecule is O=C(Nc1ccc(-n2ccnc2)nc1)c1ccc(OCc2ccccc2)cc1. The van der Waals surface area contributed by atoms with Gasteiger partial charge in [0.2, 0.25) is 0 Å². The van der Waals surface area contributed by atoms with Crippen LogP contribution in [0.25, 0.3) is 5.82 Å². The van der Waals surface area contributed by atoms with Gasteiger partial charge in [-0.1, -0.05) is 30.3 Å². The molecule has 138 valence electrons. The van der Waals surface area contributed by atoms with Crippen LogP contribution in [-0.2, 0) is 6.61 Å². The van der Waals surface area contributed by atoms with Gasteiger partial charge < -0.3 is 10.1 Å². The fraction of sp³-hybridized carbons (Fsp3) is 0.0455. The van der Waals surface area contributed by atoms with Crippen LogP contribution in [0, 0.1) is 0 Å². The van der Waals surface area contributed by atoms with Crippen LogP contribution in [-0.4, -0.2) is 20.4 Å². The highest BCUT2D eigenvalue weighted by molar-refractivity contribution is 6.04. The second kappa shape index (κ2) is 8.18. The summed E-state index contributed by atoms with van der Waals surface area (Å²) in [5.41, 5.74) is 2.26. The molecule has 0 radical (unpaired) electrons. The Morgan fingerprint density at radius 3 is 2.50 bits per heavy atom. The largest absolute Gasteiger partial charge is 0.489 e. The zero-order valence-corrected chi connectivity index (χ0v) is 15.0. The number of nitrogens with zero attached hydrogens (tertiary/aromatic N) is 3. The summed E-state index contributed by atoms with van der Waals surface area (Å²) in [4.78, 5) is 20.7. The number of aromatic nitrogens is 3. The molecule has 2 aromatic heterocycles. The van der Waals surface area contributed by atoms with Crippen molar-refractivity contribution >= 4 is 11.6 Å². The molecule has 6 nitrogen and oxygen atoms in total. The molecule has 2 heterocycles. The van der Waals surface area contributed by atoms with E-state index in [1.165, 1.54) is 0 Å². The van der Waals surface area contributed by atoms with E-state index in [4.69, 9.17) is 4.74 Å². The van der Waals surface area contributed by atoms with Gasteiger partial charge in [0.05, 0.1) is 11.9 Å². The highest BCUT2D eigenvalue weighted by Gasteiger charge is 2.07. The molecule has 1 N–H and O–H groups in total. The molecule has 2 aromatic carbocycles. The van der Waals surface area contributed by atoms with E-state index < -0.39 is 0 Å². The highest BCUT2D eigenvalue weighted by atomic mass is 16.5. The van der Waals surface area contributed by atoms with E-state index in [9.17, 15) is 4.79 Å². The minimum atomic E-state index is -0.202. The van der Waals surface area contributed by atoms with Crippen molar-refractivity contribution in [2.24, 2.45) is 0 Å². The monoisotopic (exact) mass is 370 g/mol. The summed E-state index contributed by atoms with van der Waals surface area (Å²) in [5.74, 6) is 1.24.